The molecule has 2 heterocycles. The molecule has 0 aliphatic carbocycles. The normalized spacial score (nSPS) is 24.6. The zero-order chi connectivity index (χ0) is 18.1. The Hall–Kier alpha value is -2.83. The number of amides is 1. The maximum absolute atomic E-state index is 12.6. The number of hydrogen-bond acceptors (Lipinski definition) is 5. The van der Waals surface area contributed by atoms with E-state index in [4.69, 9.17) is 16.3 Å². The monoisotopic (exact) mass is 350 g/mol. The van der Waals surface area contributed by atoms with Crippen LogP contribution >= 0.6 is 0 Å². The molecule has 2 aromatic carbocycles. The zero-order valence-electron chi connectivity index (χ0n) is 14.4. The van der Waals surface area contributed by atoms with E-state index in [1.54, 1.807) is 6.20 Å². The Bertz CT molecular complexity index is 852. The van der Waals surface area contributed by atoms with Crippen LogP contribution in [-0.4, -0.2) is 30.2 Å². The van der Waals surface area contributed by atoms with Gasteiger partial charge in [0.1, 0.15) is 5.41 Å². The summed E-state index contributed by atoms with van der Waals surface area (Å²) in [5, 5.41) is 4.49. The molecule has 6 nitrogen and oxygen atoms in total. The van der Waals surface area contributed by atoms with Gasteiger partial charge in [-0.25, -0.2) is 5.84 Å². The number of fused-ring (bicyclic) bond motifs is 2. The molecule has 2 atom stereocenters. The van der Waals surface area contributed by atoms with Crippen LogP contribution < -0.4 is 16.9 Å². The van der Waals surface area contributed by atoms with Crippen LogP contribution in [0.25, 0.3) is 5.70 Å². The van der Waals surface area contributed by atoms with E-state index in [0.29, 0.717) is 25.3 Å². The SMILES string of the molecule is N/C(=C\N(N)CC1CC2(CO1)C(=O)Nc1ccccc12)c1ccccc1. The Morgan fingerprint density at radius 1 is 1.23 bits per heavy atom. The number of carbonyl (C=O) groups is 1. The van der Waals surface area contributed by atoms with E-state index in [0.717, 1.165) is 16.8 Å². The van der Waals surface area contributed by atoms with E-state index >= 15 is 0 Å². The number of hydrazine groups is 1. The number of anilines is 1. The summed E-state index contributed by atoms with van der Waals surface area (Å²) in [5.41, 5.74) is 8.88. The van der Waals surface area contributed by atoms with Crippen LogP contribution in [0.4, 0.5) is 5.69 Å². The van der Waals surface area contributed by atoms with E-state index in [-0.39, 0.29) is 12.0 Å². The molecular weight excluding hydrogens is 328 g/mol. The Morgan fingerprint density at radius 3 is 2.77 bits per heavy atom. The Balaban J connectivity index is 1.46. The number of nitrogens with zero attached hydrogens (tertiary/aromatic N) is 1. The van der Waals surface area contributed by atoms with Crippen molar-refractivity contribution in [2.24, 2.45) is 11.6 Å². The Kier molecular flexibility index (Phi) is 4.14. The molecular formula is C20H22N4O2. The summed E-state index contributed by atoms with van der Waals surface area (Å²) in [6.45, 7) is 0.830. The fourth-order valence-electron chi connectivity index (χ4n) is 3.78. The predicted octanol–water partition coefficient (Wildman–Crippen LogP) is 1.80. The molecule has 2 aliphatic heterocycles. The van der Waals surface area contributed by atoms with Crippen molar-refractivity contribution in [3.63, 3.8) is 0 Å². The van der Waals surface area contributed by atoms with Gasteiger partial charge in [0, 0.05) is 11.9 Å². The molecule has 2 unspecified atom stereocenters. The first kappa shape index (κ1) is 16.6. The first-order valence-corrected chi connectivity index (χ1v) is 8.65. The van der Waals surface area contributed by atoms with Gasteiger partial charge in [0.05, 0.1) is 25.0 Å². The van der Waals surface area contributed by atoms with Crippen LogP contribution in [0.1, 0.15) is 17.5 Å². The Labute approximate surface area is 152 Å². The molecule has 134 valence electrons. The summed E-state index contributed by atoms with van der Waals surface area (Å²) < 4.78 is 5.92. The minimum atomic E-state index is -0.614. The van der Waals surface area contributed by atoms with Crippen molar-refractivity contribution in [3.8, 4) is 0 Å². The minimum absolute atomic E-state index is 0.00381. The lowest BCUT2D eigenvalue weighted by atomic mass is 9.79. The van der Waals surface area contributed by atoms with Crippen LogP contribution in [0, 0.1) is 0 Å². The summed E-state index contributed by atoms with van der Waals surface area (Å²) in [5.74, 6) is 6.11. The number of benzene rings is 2. The average molecular weight is 350 g/mol. The fourth-order valence-corrected chi connectivity index (χ4v) is 3.78. The first-order chi connectivity index (χ1) is 12.6. The van der Waals surface area contributed by atoms with Gasteiger partial charge in [0.2, 0.25) is 5.91 Å². The zero-order valence-corrected chi connectivity index (χ0v) is 14.4. The predicted molar refractivity (Wildman–Crippen MR) is 101 cm³/mol. The maximum Gasteiger partial charge on any atom is 0.237 e. The molecule has 0 aromatic heterocycles. The van der Waals surface area contributed by atoms with E-state index in [9.17, 15) is 4.79 Å². The van der Waals surface area contributed by atoms with Crippen LogP contribution in [0.15, 0.2) is 60.8 Å². The molecule has 4 rings (SSSR count). The van der Waals surface area contributed by atoms with Gasteiger partial charge in [-0.05, 0) is 23.6 Å². The highest BCUT2D eigenvalue weighted by molar-refractivity contribution is 6.06. The highest BCUT2D eigenvalue weighted by atomic mass is 16.5. The van der Waals surface area contributed by atoms with Crippen molar-refractivity contribution >= 4 is 17.3 Å². The van der Waals surface area contributed by atoms with Gasteiger partial charge in [0.15, 0.2) is 0 Å². The van der Waals surface area contributed by atoms with Crippen molar-refractivity contribution in [3.05, 3.63) is 71.9 Å². The molecule has 0 saturated carbocycles. The average Bonchev–Trinajstić information content (AvgIpc) is 3.18. The third kappa shape index (κ3) is 2.83. The number of carbonyl (C=O) groups excluding carboxylic acids is 1. The number of nitrogens with one attached hydrogen (secondary N) is 1. The summed E-state index contributed by atoms with van der Waals surface area (Å²) in [7, 11) is 0. The molecule has 2 aromatic rings. The highest BCUT2D eigenvalue weighted by Gasteiger charge is 2.52. The van der Waals surface area contributed by atoms with Crippen molar-refractivity contribution in [1.82, 2.24) is 5.01 Å². The second-order valence-electron chi connectivity index (χ2n) is 6.87. The smallest absolute Gasteiger partial charge is 0.237 e. The summed E-state index contributed by atoms with van der Waals surface area (Å²) in [6.07, 6.45) is 2.16. The number of rotatable bonds is 4. The van der Waals surface area contributed by atoms with Gasteiger partial charge in [-0.3, -0.25) is 4.79 Å². The molecule has 1 fully saturated rings. The van der Waals surface area contributed by atoms with Gasteiger partial charge in [-0.2, -0.15) is 0 Å². The number of hydrogen-bond donors (Lipinski definition) is 3. The highest BCUT2D eigenvalue weighted by Crippen LogP contribution is 2.45. The molecule has 2 aliphatic rings. The van der Waals surface area contributed by atoms with Gasteiger partial charge < -0.3 is 20.8 Å². The quantitative estimate of drug-likeness (QED) is 0.577. The molecule has 0 bridgehead atoms. The largest absolute Gasteiger partial charge is 0.397 e. The summed E-state index contributed by atoms with van der Waals surface area (Å²) >= 11 is 0. The second kappa shape index (κ2) is 6.48. The van der Waals surface area contributed by atoms with Crippen LogP contribution in [0.5, 0.6) is 0 Å². The van der Waals surface area contributed by atoms with Crippen LogP contribution in [0.2, 0.25) is 0 Å². The first-order valence-electron chi connectivity index (χ1n) is 8.65. The van der Waals surface area contributed by atoms with Crippen molar-refractivity contribution in [1.29, 1.82) is 0 Å². The van der Waals surface area contributed by atoms with E-state index in [2.05, 4.69) is 5.32 Å². The summed E-state index contributed by atoms with van der Waals surface area (Å²) in [6, 6.07) is 17.4. The molecule has 0 radical (unpaired) electrons. The van der Waals surface area contributed by atoms with E-state index in [1.165, 1.54) is 5.01 Å². The number of ether oxygens (including phenoxy) is 1. The lowest BCUT2D eigenvalue weighted by Gasteiger charge is -2.21. The maximum atomic E-state index is 12.6. The lowest BCUT2D eigenvalue weighted by molar-refractivity contribution is -0.120. The number of para-hydroxylation sites is 1. The van der Waals surface area contributed by atoms with Crippen molar-refractivity contribution in [2.45, 2.75) is 17.9 Å². The van der Waals surface area contributed by atoms with Gasteiger partial charge in [0.25, 0.3) is 0 Å². The summed E-state index contributed by atoms with van der Waals surface area (Å²) in [4.78, 5) is 12.6. The molecule has 1 spiro atoms. The van der Waals surface area contributed by atoms with Crippen LogP contribution in [-0.2, 0) is 14.9 Å². The molecule has 26 heavy (non-hydrogen) atoms. The third-order valence-corrected chi connectivity index (χ3v) is 5.09. The molecule has 5 N–H and O–H groups in total. The van der Waals surface area contributed by atoms with E-state index in [1.807, 2.05) is 54.6 Å². The van der Waals surface area contributed by atoms with Gasteiger partial charge in [-0.15, -0.1) is 0 Å². The van der Waals surface area contributed by atoms with Gasteiger partial charge in [-0.1, -0.05) is 48.5 Å². The fraction of sp³-hybridized carbons (Fsp3) is 0.250. The van der Waals surface area contributed by atoms with Crippen molar-refractivity contribution < 1.29 is 9.53 Å². The van der Waals surface area contributed by atoms with Gasteiger partial charge >= 0.3 is 0 Å². The molecule has 1 saturated heterocycles. The number of nitrogens with two attached hydrogens (primary N) is 2. The molecule has 6 heteroatoms. The topological polar surface area (TPSA) is 93.6 Å². The standard InChI is InChI=1S/C20H22N4O2/c21-17(14-6-2-1-3-7-14)12-24(22)11-15-10-20(13-26-15)16-8-4-5-9-18(16)23-19(20)25/h1-9,12,15H,10-11,13,21-22H2,(H,23,25)/b17-12-. The molecule has 1 amide bonds. The van der Waals surface area contributed by atoms with Crippen LogP contribution in [0.3, 0.4) is 0 Å². The third-order valence-electron chi connectivity index (χ3n) is 5.09. The van der Waals surface area contributed by atoms with E-state index < -0.39 is 5.41 Å². The Morgan fingerprint density at radius 2 is 1.96 bits per heavy atom. The van der Waals surface area contributed by atoms with Crippen molar-refractivity contribution in [2.75, 3.05) is 18.5 Å². The minimum Gasteiger partial charge on any atom is -0.397 e. The second-order valence-corrected chi connectivity index (χ2v) is 6.87. The lowest BCUT2D eigenvalue weighted by Crippen LogP contribution is -2.37.